The second-order valence-corrected chi connectivity index (χ2v) is 4.65. The highest BCUT2D eigenvalue weighted by molar-refractivity contribution is 7.99. The van der Waals surface area contributed by atoms with Gasteiger partial charge in [0, 0.05) is 30.0 Å². The Balaban J connectivity index is 2.12. The van der Waals surface area contributed by atoms with Crippen LogP contribution in [0.4, 0.5) is 0 Å². The first kappa shape index (κ1) is 9.93. The molecule has 1 unspecified atom stereocenters. The van der Waals surface area contributed by atoms with Crippen LogP contribution < -0.4 is 5.73 Å². The highest BCUT2D eigenvalue weighted by Crippen LogP contribution is 2.30. The summed E-state index contributed by atoms with van der Waals surface area (Å²) in [6, 6.07) is 2.04. The third kappa shape index (κ3) is 2.25. The Morgan fingerprint density at radius 1 is 1.57 bits per heavy atom. The lowest BCUT2D eigenvalue weighted by Crippen LogP contribution is -2.09. The van der Waals surface area contributed by atoms with Gasteiger partial charge in [-0.05, 0) is 24.8 Å². The SMILES string of the molecule is NCCc1nccc(C2CCSC2)n1. The summed E-state index contributed by atoms with van der Waals surface area (Å²) in [5.41, 5.74) is 6.68. The van der Waals surface area contributed by atoms with Crippen molar-refractivity contribution in [1.82, 2.24) is 9.97 Å². The summed E-state index contributed by atoms with van der Waals surface area (Å²) in [4.78, 5) is 8.74. The molecule has 0 radical (unpaired) electrons. The van der Waals surface area contributed by atoms with Gasteiger partial charge in [-0.1, -0.05) is 0 Å². The van der Waals surface area contributed by atoms with Crippen molar-refractivity contribution in [1.29, 1.82) is 0 Å². The van der Waals surface area contributed by atoms with Gasteiger partial charge in [-0.2, -0.15) is 11.8 Å². The average Bonchev–Trinajstić information content (AvgIpc) is 2.71. The molecule has 1 atom stereocenters. The molecule has 0 saturated carbocycles. The molecule has 14 heavy (non-hydrogen) atoms. The van der Waals surface area contributed by atoms with Crippen LogP contribution in [0.1, 0.15) is 23.9 Å². The van der Waals surface area contributed by atoms with Gasteiger partial charge in [-0.15, -0.1) is 0 Å². The zero-order chi connectivity index (χ0) is 9.80. The summed E-state index contributed by atoms with van der Waals surface area (Å²) in [5.74, 6) is 4.00. The third-order valence-corrected chi connectivity index (χ3v) is 3.61. The zero-order valence-electron chi connectivity index (χ0n) is 8.15. The van der Waals surface area contributed by atoms with Crippen molar-refractivity contribution in [2.75, 3.05) is 18.1 Å². The van der Waals surface area contributed by atoms with E-state index in [2.05, 4.69) is 9.97 Å². The van der Waals surface area contributed by atoms with Gasteiger partial charge in [0.05, 0.1) is 0 Å². The van der Waals surface area contributed by atoms with E-state index in [1.54, 1.807) is 0 Å². The normalized spacial score (nSPS) is 21.4. The number of hydrogen-bond donors (Lipinski definition) is 1. The maximum atomic E-state index is 5.48. The third-order valence-electron chi connectivity index (χ3n) is 2.44. The Hall–Kier alpha value is -0.610. The standard InChI is InChI=1S/C10H15N3S/c11-4-1-10-12-5-2-9(13-10)8-3-6-14-7-8/h2,5,8H,1,3-4,6-7,11H2. The van der Waals surface area contributed by atoms with E-state index >= 15 is 0 Å². The highest BCUT2D eigenvalue weighted by atomic mass is 32.2. The molecule has 0 amide bonds. The van der Waals surface area contributed by atoms with E-state index < -0.39 is 0 Å². The van der Waals surface area contributed by atoms with E-state index in [0.29, 0.717) is 12.5 Å². The molecule has 1 saturated heterocycles. The van der Waals surface area contributed by atoms with Gasteiger partial charge in [0.25, 0.3) is 0 Å². The largest absolute Gasteiger partial charge is 0.330 e. The predicted octanol–water partition coefficient (Wildman–Crippen LogP) is 1.20. The van der Waals surface area contributed by atoms with E-state index in [-0.39, 0.29) is 0 Å². The summed E-state index contributed by atoms with van der Waals surface area (Å²) >= 11 is 2.01. The van der Waals surface area contributed by atoms with Gasteiger partial charge in [0.1, 0.15) is 5.82 Å². The molecule has 0 aromatic carbocycles. The molecule has 2 N–H and O–H groups in total. The Labute approximate surface area is 88.5 Å². The predicted molar refractivity (Wildman–Crippen MR) is 59.5 cm³/mol. The van der Waals surface area contributed by atoms with Crippen molar-refractivity contribution in [2.45, 2.75) is 18.8 Å². The van der Waals surface area contributed by atoms with E-state index in [9.17, 15) is 0 Å². The van der Waals surface area contributed by atoms with Gasteiger partial charge >= 0.3 is 0 Å². The summed E-state index contributed by atoms with van der Waals surface area (Å²) in [6.07, 6.45) is 3.90. The van der Waals surface area contributed by atoms with Crippen LogP contribution in [0, 0.1) is 0 Å². The average molecular weight is 209 g/mol. The molecule has 1 fully saturated rings. The van der Waals surface area contributed by atoms with Crippen LogP contribution in [0.5, 0.6) is 0 Å². The van der Waals surface area contributed by atoms with Crippen LogP contribution in [0.2, 0.25) is 0 Å². The minimum atomic E-state index is 0.628. The lowest BCUT2D eigenvalue weighted by molar-refractivity contribution is 0.727. The van der Waals surface area contributed by atoms with Crippen LogP contribution in [-0.4, -0.2) is 28.0 Å². The number of nitrogens with two attached hydrogens (primary N) is 1. The minimum Gasteiger partial charge on any atom is -0.330 e. The number of nitrogens with zero attached hydrogens (tertiary/aromatic N) is 2. The summed E-state index contributed by atoms with van der Waals surface area (Å²) < 4.78 is 0. The van der Waals surface area contributed by atoms with Crippen LogP contribution in [0.25, 0.3) is 0 Å². The molecule has 0 spiro atoms. The molecule has 1 aliphatic rings. The number of aromatic nitrogens is 2. The molecular weight excluding hydrogens is 194 g/mol. The van der Waals surface area contributed by atoms with Gasteiger partial charge < -0.3 is 5.73 Å². The molecule has 1 aromatic rings. The molecule has 76 valence electrons. The quantitative estimate of drug-likeness (QED) is 0.812. The topological polar surface area (TPSA) is 51.8 Å². The van der Waals surface area contributed by atoms with Crippen LogP contribution in [0.3, 0.4) is 0 Å². The zero-order valence-corrected chi connectivity index (χ0v) is 8.96. The molecule has 0 aliphatic carbocycles. The molecule has 4 heteroatoms. The first-order valence-corrected chi connectivity index (χ1v) is 6.15. The fourth-order valence-electron chi connectivity index (χ4n) is 1.66. The molecular formula is C10H15N3S. The van der Waals surface area contributed by atoms with Gasteiger partial charge in [-0.25, -0.2) is 9.97 Å². The van der Waals surface area contributed by atoms with Crippen molar-refractivity contribution in [3.05, 3.63) is 23.8 Å². The number of rotatable bonds is 3. The van der Waals surface area contributed by atoms with Crippen LogP contribution >= 0.6 is 11.8 Å². The summed E-state index contributed by atoms with van der Waals surface area (Å²) in [7, 11) is 0. The maximum Gasteiger partial charge on any atom is 0.129 e. The summed E-state index contributed by atoms with van der Waals surface area (Å²) in [5, 5.41) is 0. The Morgan fingerprint density at radius 2 is 2.50 bits per heavy atom. The van der Waals surface area contributed by atoms with E-state index in [4.69, 9.17) is 5.73 Å². The van der Waals surface area contributed by atoms with Crippen molar-refractivity contribution < 1.29 is 0 Å². The first-order chi connectivity index (χ1) is 6.90. The molecule has 1 aromatic heterocycles. The summed E-state index contributed by atoms with van der Waals surface area (Å²) in [6.45, 7) is 0.628. The molecule has 3 nitrogen and oxygen atoms in total. The molecule has 2 heterocycles. The van der Waals surface area contributed by atoms with E-state index in [1.807, 2.05) is 24.0 Å². The number of hydrogen-bond acceptors (Lipinski definition) is 4. The highest BCUT2D eigenvalue weighted by Gasteiger charge is 2.18. The molecule has 2 rings (SSSR count). The van der Waals surface area contributed by atoms with E-state index in [0.717, 1.165) is 12.2 Å². The van der Waals surface area contributed by atoms with Crippen molar-refractivity contribution in [2.24, 2.45) is 5.73 Å². The second-order valence-electron chi connectivity index (χ2n) is 3.50. The van der Waals surface area contributed by atoms with Gasteiger partial charge in [-0.3, -0.25) is 0 Å². The van der Waals surface area contributed by atoms with Crippen molar-refractivity contribution in [3.63, 3.8) is 0 Å². The fraction of sp³-hybridized carbons (Fsp3) is 0.600. The Kier molecular flexibility index (Phi) is 3.37. The van der Waals surface area contributed by atoms with Gasteiger partial charge in [0.15, 0.2) is 0 Å². The van der Waals surface area contributed by atoms with Crippen LogP contribution in [-0.2, 0) is 6.42 Å². The molecule has 0 bridgehead atoms. The molecule has 1 aliphatic heterocycles. The monoisotopic (exact) mass is 209 g/mol. The Morgan fingerprint density at radius 3 is 3.21 bits per heavy atom. The minimum absolute atomic E-state index is 0.628. The smallest absolute Gasteiger partial charge is 0.129 e. The Bertz CT molecular complexity index is 297. The van der Waals surface area contributed by atoms with E-state index in [1.165, 1.54) is 23.6 Å². The van der Waals surface area contributed by atoms with Gasteiger partial charge in [0.2, 0.25) is 0 Å². The van der Waals surface area contributed by atoms with Crippen molar-refractivity contribution in [3.8, 4) is 0 Å². The number of thioether (sulfide) groups is 1. The second kappa shape index (κ2) is 4.75. The fourth-order valence-corrected chi connectivity index (χ4v) is 2.90. The lowest BCUT2D eigenvalue weighted by Gasteiger charge is -2.08. The maximum absolute atomic E-state index is 5.48. The van der Waals surface area contributed by atoms with Crippen molar-refractivity contribution >= 4 is 11.8 Å². The lowest BCUT2D eigenvalue weighted by atomic mass is 10.1. The van der Waals surface area contributed by atoms with Crippen LogP contribution in [0.15, 0.2) is 12.3 Å². The first-order valence-electron chi connectivity index (χ1n) is 5.00.